The average molecular weight is 364 g/mol. The molecule has 0 aliphatic rings. The molecule has 1 heterocycles. The Labute approximate surface area is 156 Å². The first-order valence-electron chi connectivity index (χ1n) is 8.43. The van der Waals surface area contributed by atoms with Gasteiger partial charge in [-0.15, -0.1) is 0 Å². The summed E-state index contributed by atoms with van der Waals surface area (Å²) in [5.74, 6) is -1.13. The molecule has 3 aromatic rings. The Morgan fingerprint density at radius 3 is 2.37 bits per heavy atom. The van der Waals surface area contributed by atoms with E-state index in [9.17, 15) is 14.4 Å². The molecule has 0 saturated heterocycles. The van der Waals surface area contributed by atoms with Crippen molar-refractivity contribution in [1.82, 2.24) is 15.2 Å². The van der Waals surface area contributed by atoms with Gasteiger partial charge in [-0.25, -0.2) is 0 Å². The van der Waals surface area contributed by atoms with Gasteiger partial charge in [0, 0.05) is 36.3 Å². The lowest BCUT2D eigenvalue weighted by Crippen LogP contribution is -2.33. The highest BCUT2D eigenvalue weighted by Crippen LogP contribution is 2.20. The van der Waals surface area contributed by atoms with E-state index in [2.05, 4.69) is 10.6 Å². The van der Waals surface area contributed by atoms with Crippen LogP contribution in [0.4, 0.5) is 0 Å². The van der Waals surface area contributed by atoms with Crippen LogP contribution in [0.5, 0.6) is 0 Å². The Kier molecular flexibility index (Phi) is 5.21. The summed E-state index contributed by atoms with van der Waals surface area (Å²) >= 11 is 0. The molecule has 2 aromatic carbocycles. The van der Waals surface area contributed by atoms with Crippen LogP contribution in [0.2, 0.25) is 0 Å². The Bertz CT molecular complexity index is 1010. The average Bonchev–Trinajstić information content (AvgIpc) is 3.02. The highest BCUT2D eigenvalue weighted by molar-refractivity contribution is 6.07. The van der Waals surface area contributed by atoms with Crippen LogP contribution >= 0.6 is 0 Å². The second kappa shape index (κ2) is 7.74. The first-order chi connectivity index (χ1) is 13.0. The Balaban J connectivity index is 1.63. The van der Waals surface area contributed by atoms with Crippen LogP contribution in [0.15, 0.2) is 54.7 Å². The molecular weight excluding hydrogens is 344 g/mol. The number of benzene rings is 2. The number of nitrogens with two attached hydrogens (primary N) is 1. The third kappa shape index (κ3) is 4.14. The van der Waals surface area contributed by atoms with Crippen molar-refractivity contribution in [1.29, 1.82) is 0 Å². The maximum absolute atomic E-state index is 12.5. The molecule has 3 amide bonds. The first-order valence-corrected chi connectivity index (χ1v) is 8.43. The zero-order valence-corrected chi connectivity index (χ0v) is 14.9. The second-order valence-corrected chi connectivity index (χ2v) is 6.20. The molecule has 0 aliphatic heterocycles. The van der Waals surface area contributed by atoms with Crippen molar-refractivity contribution in [2.24, 2.45) is 12.8 Å². The third-order valence-corrected chi connectivity index (χ3v) is 4.23. The van der Waals surface area contributed by atoms with Gasteiger partial charge in [0.1, 0.15) is 0 Å². The molecule has 0 fully saturated rings. The molecule has 27 heavy (non-hydrogen) atoms. The number of hydrogen-bond donors (Lipinski definition) is 3. The van der Waals surface area contributed by atoms with Crippen LogP contribution in [0.3, 0.4) is 0 Å². The van der Waals surface area contributed by atoms with E-state index in [1.165, 1.54) is 0 Å². The standard InChI is InChI=1S/C20H20N4O3/c1-24-12-16(15-4-2-3-5-17(15)24)20(27)22-10-13-6-8-14(9-7-13)19(26)23-11-18(21)25/h2-9,12H,10-11H2,1H3,(H2,21,25)(H,22,27)(H,23,26). The lowest BCUT2D eigenvalue weighted by molar-refractivity contribution is -0.117. The fourth-order valence-corrected chi connectivity index (χ4v) is 2.84. The summed E-state index contributed by atoms with van der Waals surface area (Å²) in [6.45, 7) is 0.132. The van der Waals surface area contributed by atoms with Gasteiger partial charge in [-0.3, -0.25) is 14.4 Å². The maximum Gasteiger partial charge on any atom is 0.253 e. The van der Waals surface area contributed by atoms with Crippen molar-refractivity contribution in [2.45, 2.75) is 6.54 Å². The molecule has 0 atom stereocenters. The van der Waals surface area contributed by atoms with Gasteiger partial charge < -0.3 is 20.9 Å². The molecule has 0 aliphatic carbocycles. The van der Waals surface area contributed by atoms with Crippen molar-refractivity contribution in [3.63, 3.8) is 0 Å². The summed E-state index contributed by atoms with van der Waals surface area (Å²) in [6.07, 6.45) is 1.81. The number of fused-ring (bicyclic) bond motifs is 1. The molecule has 0 spiro atoms. The predicted molar refractivity (Wildman–Crippen MR) is 102 cm³/mol. The number of nitrogens with zero attached hydrogens (tertiary/aromatic N) is 1. The van der Waals surface area contributed by atoms with E-state index in [1.807, 2.05) is 42.1 Å². The Hall–Kier alpha value is -3.61. The Morgan fingerprint density at radius 2 is 1.67 bits per heavy atom. The fourth-order valence-electron chi connectivity index (χ4n) is 2.84. The third-order valence-electron chi connectivity index (χ3n) is 4.23. The summed E-state index contributed by atoms with van der Waals surface area (Å²) in [7, 11) is 1.90. The summed E-state index contributed by atoms with van der Waals surface area (Å²) in [5, 5.41) is 6.22. The molecule has 7 nitrogen and oxygen atoms in total. The topological polar surface area (TPSA) is 106 Å². The van der Waals surface area contributed by atoms with Crippen molar-refractivity contribution < 1.29 is 14.4 Å². The minimum absolute atomic E-state index is 0.157. The molecule has 3 rings (SSSR count). The van der Waals surface area contributed by atoms with Gasteiger partial charge in [0.15, 0.2) is 0 Å². The number of aryl methyl sites for hydroxylation is 1. The summed E-state index contributed by atoms with van der Waals surface area (Å²) < 4.78 is 1.92. The minimum Gasteiger partial charge on any atom is -0.368 e. The molecule has 0 unspecified atom stereocenters. The van der Waals surface area contributed by atoms with Crippen LogP contribution in [-0.4, -0.2) is 28.8 Å². The fraction of sp³-hybridized carbons (Fsp3) is 0.150. The molecule has 0 radical (unpaired) electrons. The van der Waals surface area contributed by atoms with Crippen LogP contribution in [0.1, 0.15) is 26.3 Å². The van der Waals surface area contributed by atoms with Gasteiger partial charge in [-0.1, -0.05) is 30.3 Å². The highest BCUT2D eigenvalue weighted by Gasteiger charge is 2.13. The number of para-hydroxylation sites is 1. The lowest BCUT2D eigenvalue weighted by atomic mass is 10.1. The summed E-state index contributed by atoms with van der Waals surface area (Å²) in [4.78, 5) is 35.1. The summed E-state index contributed by atoms with van der Waals surface area (Å²) in [6, 6.07) is 14.5. The maximum atomic E-state index is 12.5. The van der Waals surface area contributed by atoms with E-state index < -0.39 is 5.91 Å². The van der Waals surface area contributed by atoms with Crippen molar-refractivity contribution >= 4 is 28.6 Å². The molecule has 0 bridgehead atoms. The van der Waals surface area contributed by atoms with E-state index in [-0.39, 0.29) is 18.4 Å². The molecule has 1 aromatic heterocycles. The number of rotatable bonds is 6. The minimum atomic E-state index is -0.601. The van der Waals surface area contributed by atoms with Crippen molar-refractivity contribution in [2.75, 3.05) is 6.54 Å². The van der Waals surface area contributed by atoms with E-state index in [0.717, 1.165) is 16.5 Å². The highest BCUT2D eigenvalue weighted by atomic mass is 16.2. The van der Waals surface area contributed by atoms with E-state index >= 15 is 0 Å². The quantitative estimate of drug-likeness (QED) is 0.614. The number of carbonyl (C=O) groups excluding carboxylic acids is 3. The number of aromatic nitrogens is 1. The second-order valence-electron chi connectivity index (χ2n) is 6.20. The SMILES string of the molecule is Cn1cc(C(=O)NCc2ccc(C(=O)NCC(N)=O)cc2)c2ccccc21. The monoisotopic (exact) mass is 364 g/mol. The zero-order chi connectivity index (χ0) is 19.4. The molecule has 4 N–H and O–H groups in total. The van der Waals surface area contributed by atoms with E-state index in [4.69, 9.17) is 5.73 Å². The van der Waals surface area contributed by atoms with Crippen LogP contribution in [-0.2, 0) is 18.4 Å². The number of hydrogen-bond acceptors (Lipinski definition) is 3. The van der Waals surface area contributed by atoms with Gasteiger partial charge in [0.25, 0.3) is 11.8 Å². The van der Waals surface area contributed by atoms with Crippen LogP contribution in [0.25, 0.3) is 10.9 Å². The summed E-state index contributed by atoms with van der Waals surface area (Å²) in [5.41, 5.74) is 7.89. The molecule has 138 valence electrons. The zero-order valence-electron chi connectivity index (χ0n) is 14.9. The van der Waals surface area contributed by atoms with Crippen molar-refractivity contribution in [3.05, 3.63) is 71.4 Å². The van der Waals surface area contributed by atoms with Gasteiger partial charge >= 0.3 is 0 Å². The predicted octanol–water partition coefficient (Wildman–Crippen LogP) is 1.32. The normalized spacial score (nSPS) is 10.6. The van der Waals surface area contributed by atoms with Gasteiger partial charge in [-0.05, 0) is 23.8 Å². The van der Waals surface area contributed by atoms with Crippen molar-refractivity contribution in [3.8, 4) is 0 Å². The van der Waals surface area contributed by atoms with Crippen LogP contribution in [0, 0.1) is 0 Å². The molecule has 0 saturated carbocycles. The number of carbonyl (C=O) groups is 3. The number of nitrogens with one attached hydrogen (secondary N) is 2. The number of amides is 3. The van der Waals surface area contributed by atoms with E-state index in [1.54, 1.807) is 24.3 Å². The van der Waals surface area contributed by atoms with Gasteiger partial charge in [-0.2, -0.15) is 0 Å². The molecular formula is C20H20N4O3. The van der Waals surface area contributed by atoms with E-state index in [0.29, 0.717) is 17.7 Å². The largest absolute Gasteiger partial charge is 0.368 e. The van der Waals surface area contributed by atoms with Gasteiger partial charge in [0.05, 0.1) is 12.1 Å². The van der Waals surface area contributed by atoms with Gasteiger partial charge in [0.2, 0.25) is 5.91 Å². The van der Waals surface area contributed by atoms with Crippen LogP contribution < -0.4 is 16.4 Å². The lowest BCUT2D eigenvalue weighted by Gasteiger charge is -2.07. The number of primary amides is 1. The molecule has 7 heteroatoms. The Morgan fingerprint density at radius 1 is 0.963 bits per heavy atom. The first kappa shape index (κ1) is 18.2. The smallest absolute Gasteiger partial charge is 0.253 e.